The van der Waals surface area contributed by atoms with E-state index in [0.29, 0.717) is 5.75 Å². The maximum Gasteiger partial charge on any atom is 0.260 e. The molecule has 1 saturated carbocycles. The van der Waals surface area contributed by atoms with Crippen LogP contribution in [0.4, 0.5) is 0 Å². The van der Waals surface area contributed by atoms with Crippen LogP contribution < -0.4 is 9.47 Å². The van der Waals surface area contributed by atoms with E-state index in [1.165, 1.54) is 19.4 Å². The van der Waals surface area contributed by atoms with Gasteiger partial charge in [0.15, 0.2) is 6.61 Å². The van der Waals surface area contributed by atoms with Crippen LogP contribution in [-0.4, -0.2) is 62.1 Å². The fraction of sp³-hybridized carbons (Fsp3) is 0.571. The number of carbonyl (C=O) groups is 1. The molecule has 1 heterocycles. The molecule has 5 heteroatoms. The number of rotatable bonds is 6. The topological polar surface area (TPSA) is 42.0 Å². The molecule has 0 unspecified atom stereocenters. The molecule has 1 amide bonds. The van der Waals surface area contributed by atoms with Crippen LogP contribution in [0, 0.1) is 17.8 Å². The second-order valence-corrected chi connectivity index (χ2v) is 7.69. The highest BCUT2D eigenvalue weighted by molar-refractivity contribution is 5.77. The first-order valence-corrected chi connectivity index (χ1v) is 9.66. The molecule has 1 aromatic carbocycles. The van der Waals surface area contributed by atoms with Crippen molar-refractivity contribution < 1.29 is 14.3 Å². The van der Waals surface area contributed by atoms with E-state index in [2.05, 4.69) is 17.1 Å². The van der Waals surface area contributed by atoms with E-state index in [1.807, 2.05) is 29.2 Å². The van der Waals surface area contributed by atoms with Gasteiger partial charge in [0, 0.05) is 32.7 Å². The van der Waals surface area contributed by atoms with E-state index >= 15 is 0 Å². The number of hydrogen-bond acceptors (Lipinski definition) is 4. The highest BCUT2D eigenvalue weighted by atomic mass is 16.5. The average Bonchev–Trinajstić information content (AvgIpc) is 3.30. The predicted octanol–water partition coefficient (Wildman–Crippen LogP) is 2.43. The molecule has 5 nitrogen and oxygen atoms in total. The number of ether oxygens (including phenoxy) is 2. The SMILES string of the molecule is COc1ccc(OCC(=O)N2CCN(C[C@H]3C[C@@H]4C=C[C@@H]3C4)CC2)cc1. The number of carbonyl (C=O) groups excluding carboxylic acids is 1. The number of hydrogen-bond donors (Lipinski definition) is 0. The highest BCUT2D eigenvalue weighted by Crippen LogP contribution is 2.43. The van der Waals surface area contributed by atoms with Crippen molar-refractivity contribution in [2.24, 2.45) is 17.8 Å². The minimum atomic E-state index is 0.0725. The van der Waals surface area contributed by atoms with Crippen molar-refractivity contribution in [3.8, 4) is 11.5 Å². The Morgan fingerprint density at radius 2 is 1.77 bits per heavy atom. The van der Waals surface area contributed by atoms with Gasteiger partial charge in [-0.05, 0) is 54.9 Å². The van der Waals surface area contributed by atoms with Gasteiger partial charge < -0.3 is 14.4 Å². The van der Waals surface area contributed by atoms with Crippen LogP contribution in [0.1, 0.15) is 12.8 Å². The van der Waals surface area contributed by atoms with Crippen LogP contribution in [0.3, 0.4) is 0 Å². The van der Waals surface area contributed by atoms with E-state index in [4.69, 9.17) is 9.47 Å². The van der Waals surface area contributed by atoms with Crippen molar-refractivity contribution in [1.82, 2.24) is 9.80 Å². The zero-order valence-corrected chi connectivity index (χ0v) is 15.5. The van der Waals surface area contributed by atoms with Crippen LogP contribution in [-0.2, 0) is 4.79 Å². The van der Waals surface area contributed by atoms with Gasteiger partial charge in [0.05, 0.1) is 7.11 Å². The first kappa shape index (κ1) is 17.4. The number of nitrogens with zero attached hydrogens (tertiary/aromatic N) is 2. The second kappa shape index (κ2) is 7.70. The molecule has 2 bridgehead atoms. The Kier molecular flexibility index (Phi) is 5.16. The van der Waals surface area contributed by atoms with Crippen LogP contribution in [0.2, 0.25) is 0 Å². The normalized spacial score (nSPS) is 27.7. The molecule has 26 heavy (non-hydrogen) atoms. The summed E-state index contributed by atoms with van der Waals surface area (Å²) in [5.74, 6) is 4.02. The minimum Gasteiger partial charge on any atom is -0.497 e. The van der Waals surface area contributed by atoms with Gasteiger partial charge in [-0.2, -0.15) is 0 Å². The van der Waals surface area contributed by atoms with Gasteiger partial charge in [-0.1, -0.05) is 12.2 Å². The summed E-state index contributed by atoms with van der Waals surface area (Å²) in [4.78, 5) is 16.9. The lowest BCUT2D eigenvalue weighted by Gasteiger charge is -2.36. The van der Waals surface area contributed by atoms with Gasteiger partial charge in [-0.15, -0.1) is 0 Å². The van der Waals surface area contributed by atoms with E-state index in [-0.39, 0.29) is 12.5 Å². The Balaban J connectivity index is 1.19. The summed E-state index contributed by atoms with van der Waals surface area (Å²) >= 11 is 0. The van der Waals surface area contributed by atoms with Crippen molar-refractivity contribution in [3.63, 3.8) is 0 Å². The maximum atomic E-state index is 12.4. The summed E-state index contributed by atoms with van der Waals surface area (Å²) in [5, 5.41) is 0. The zero-order valence-electron chi connectivity index (χ0n) is 15.5. The van der Waals surface area contributed by atoms with E-state index in [9.17, 15) is 4.79 Å². The highest BCUT2D eigenvalue weighted by Gasteiger charge is 2.36. The molecule has 0 N–H and O–H groups in total. The monoisotopic (exact) mass is 356 g/mol. The number of methoxy groups -OCH3 is 1. The Bertz CT molecular complexity index is 650. The first-order chi connectivity index (χ1) is 12.7. The summed E-state index contributed by atoms with van der Waals surface area (Å²) in [6.07, 6.45) is 7.55. The summed E-state index contributed by atoms with van der Waals surface area (Å²) in [5.41, 5.74) is 0. The number of fused-ring (bicyclic) bond motifs is 2. The zero-order chi connectivity index (χ0) is 17.9. The lowest BCUT2D eigenvalue weighted by Crippen LogP contribution is -2.51. The number of benzene rings is 1. The van der Waals surface area contributed by atoms with Crippen LogP contribution in [0.15, 0.2) is 36.4 Å². The molecule has 0 spiro atoms. The molecule has 0 radical (unpaired) electrons. The van der Waals surface area contributed by atoms with Crippen molar-refractivity contribution in [1.29, 1.82) is 0 Å². The molecule has 140 valence electrons. The third kappa shape index (κ3) is 3.88. The third-order valence-electron chi connectivity index (χ3n) is 6.06. The van der Waals surface area contributed by atoms with Crippen molar-refractivity contribution >= 4 is 5.91 Å². The Morgan fingerprint density at radius 1 is 1.04 bits per heavy atom. The van der Waals surface area contributed by atoms with E-state index in [1.54, 1.807) is 7.11 Å². The molecule has 1 aromatic rings. The van der Waals surface area contributed by atoms with Crippen molar-refractivity contribution in [2.75, 3.05) is 46.4 Å². The van der Waals surface area contributed by atoms with Crippen LogP contribution in [0.5, 0.6) is 11.5 Å². The summed E-state index contributed by atoms with van der Waals surface area (Å²) in [6.45, 7) is 4.86. The lowest BCUT2D eigenvalue weighted by molar-refractivity contribution is -0.135. The largest absolute Gasteiger partial charge is 0.497 e. The standard InChI is InChI=1S/C21H28N2O3/c1-25-19-4-6-20(7-5-19)26-15-21(24)23-10-8-22(9-11-23)14-18-13-16-2-3-17(18)12-16/h2-7,16-18H,8-15H2,1H3/t16-,17-,18-/m1/s1. The third-order valence-corrected chi connectivity index (χ3v) is 6.06. The van der Waals surface area contributed by atoms with Gasteiger partial charge in [0.1, 0.15) is 11.5 Å². The number of allylic oxidation sites excluding steroid dienone is 2. The minimum absolute atomic E-state index is 0.0725. The maximum absolute atomic E-state index is 12.4. The Labute approximate surface area is 155 Å². The summed E-state index contributed by atoms with van der Waals surface area (Å²) < 4.78 is 10.7. The average molecular weight is 356 g/mol. The van der Waals surface area contributed by atoms with Crippen LogP contribution in [0.25, 0.3) is 0 Å². The van der Waals surface area contributed by atoms with Gasteiger partial charge in [0.25, 0.3) is 5.91 Å². The summed E-state index contributed by atoms with van der Waals surface area (Å²) in [7, 11) is 1.63. The van der Waals surface area contributed by atoms with Gasteiger partial charge in [0.2, 0.25) is 0 Å². The Hall–Kier alpha value is -2.01. The molecular formula is C21H28N2O3. The number of piperazine rings is 1. The molecule has 1 saturated heterocycles. The number of amides is 1. The van der Waals surface area contributed by atoms with Crippen molar-refractivity contribution in [3.05, 3.63) is 36.4 Å². The van der Waals surface area contributed by atoms with Gasteiger partial charge in [-0.3, -0.25) is 9.69 Å². The molecule has 2 aliphatic carbocycles. The molecule has 2 fully saturated rings. The molecule has 3 atom stereocenters. The van der Waals surface area contributed by atoms with Gasteiger partial charge >= 0.3 is 0 Å². The quantitative estimate of drug-likeness (QED) is 0.734. The van der Waals surface area contributed by atoms with Crippen LogP contribution >= 0.6 is 0 Å². The Morgan fingerprint density at radius 3 is 2.38 bits per heavy atom. The van der Waals surface area contributed by atoms with E-state index < -0.39 is 0 Å². The van der Waals surface area contributed by atoms with Gasteiger partial charge in [-0.25, -0.2) is 0 Å². The summed E-state index contributed by atoms with van der Waals surface area (Å²) in [6, 6.07) is 7.33. The second-order valence-electron chi connectivity index (χ2n) is 7.69. The molecular weight excluding hydrogens is 328 g/mol. The fourth-order valence-electron chi connectivity index (χ4n) is 4.52. The smallest absolute Gasteiger partial charge is 0.260 e. The molecule has 4 rings (SSSR count). The molecule has 0 aromatic heterocycles. The molecule has 1 aliphatic heterocycles. The lowest BCUT2D eigenvalue weighted by atomic mass is 9.93. The van der Waals surface area contributed by atoms with Crippen molar-refractivity contribution in [2.45, 2.75) is 12.8 Å². The molecule has 3 aliphatic rings. The predicted molar refractivity (Wildman–Crippen MR) is 100 cm³/mol. The van der Waals surface area contributed by atoms with E-state index in [0.717, 1.165) is 49.7 Å². The first-order valence-electron chi connectivity index (χ1n) is 9.66. The fourth-order valence-corrected chi connectivity index (χ4v) is 4.52.